The van der Waals surface area contributed by atoms with Gasteiger partial charge in [-0.2, -0.15) is 5.26 Å². The summed E-state index contributed by atoms with van der Waals surface area (Å²) < 4.78 is 0. The second kappa shape index (κ2) is 5.44. The van der Waals surface area contributed by atoms with Crippen molar-refractivity contribution >= 4 is 11.6 Å². The third kappa shape index (κ3) is 2.37. The van der Waals surface area contributed by atoms with Crippen molar-refractivity contribution in [3.63, 3.8) is 0 Å². The maximum atomic E-state index is 9.86. The van der Waals surface area contributed by atoms with Gasteiger partial charge in [-0.1, -0.05) is 30.7 Å². The van der Waals surface area contributed by atoms with E-state index >= 15 is 0 Å². The molecule has 0 spiro atoms. The summed E-state index contributed by atoms with van der Waals surface area (Å²) in [5.41, 5.74) is 0.487. The third-order valence-electron chi connectivity index (χ3n) is 5.01. The van der Waals surface area contributed by atoms with Gasteiger partial charge < -0.3 is 0 Å². The van der Waals surface area contributed by atoms with E-state index in [-0.39, 0.29) is 0 Å². The summed E-state index contributed by atoms with van der Waals surface area (Å²) in [5.74, 6) is 0. The fourth-order valence-corrected chi connectivity index (χ4v) is 3.95. The molecule has 21 heavy (non-hydrogen) atoms. The van der Waals surface area contributed by atoms with Crippen LogP contribution in [0, 0.1) is 11.3 Å². The minimum atomic E-state index is -0.472. The van der Waals surface area contributed by atoms with Crippen molar-refractivity contribution < 1.29 is 0 Å². The van der Waals surface area contributed by atoms with E-state index in [4.69, 9.17) is 11.6 Å². The Balaban J connectivity index is 1.94. The highest BCUT2D eigenvalue weighted by atomic mass is 35.5. The van der Waals surface area contributed by atoms with Crippen LogP contribution in [0.15, 0.2) is 30.6 Å². The maximum absolute atomic E-state index is 9.86. The molecule has 3 nitrogen and oxygen atoms in total. The molecule has 4 heteroatoms. The lowest BCUT2D eigenvalue weighted by Crippen LogP contribution is -2.52. The number of rotatable bonds is 3. The fourth-order valence-electron chi connectivity index (χ4n) is 3.78. The van der Waals surface area contributed by atoms with E-state index in [0.717, 1.165) is 24.8 Å². The molecule has 0 aromatic carbocycles. The van der Waals surface area contributed by atoms with E-state index in [1.54, 1.807) is 12.4 Å². The Kier molecular flexibility index (Phi) is 3.77. The Labute approximate surface area is 131 Å². The van der Waals surface area contributed by atoms with Crippen LogP contribution < -0.4 is 0 Å². The van der Waals surface area contributed by atoms with Gasteiger partial charge in [0.15, 0.2) is 0 Å². The molecule has 0 radical (unpaired) electrons. The average molecular weight is 302 g/mol. The largest absolute Gasteiger partial charge is 0.288 e. The zero-order valence-corrected chi connectivity index (χ0v) is 13.2. The molecule has 3 unspecified atom stereocenters. The van der Waals surface area contributed by atoms with Crippen molar-refractivity contribution in [1.29, 1.82) is 5.26 Å². The van der Waals surface area contributed by atoms with E-state index in [0.29, 0.717) is 23.1 Å². The number of halogens is 1. The lowest BCUT2D eigenvalue weighted by atomic mass is 9.71. The molecule has 1 saturated heterocycles. The van der Waals surface area contributed by atoms with Crippen LogP contribution in [0.4, 0.5) is 0 Å². The van der Waals surface area contributed by atoms with Crippen molar-refractivity contribution in [2.45, 2.75) is 56.7 Å². The number of nitrogens with zero attached hydrogens (tertiary/aromatic N) is 3. The normalized spacial score (nSPS) is 32.9. The molecule has 2 bridgehead atoms. The van der Waals surface area contributed by atoms with E-state index in [1.165, 1.54) is 0 Å². The fraction of sp³-hybridized carbons (Fsp3) is 0.529. The predicted molar refractivity (Wildman–Crippen MR) is 84.1 cm³/mol. The number of fused-ring (bicyclic) bond motifs is 2. The number of nitriles is 1. The van der Waals surface area contributed by atoms with Gasteiger partial charge in [0.2, 0.25) is 0 Å². The van der Waals surface area contributed by atoms with Crippen molar-refractivity contribution in [2.75, 3.05) is 0 Å². The van der Waals surface area contributed by atoms with E-state index in [1.807, 2.05) is 6.07 Å². The summed E-state index contributed by atoms with van der Waals surface area (Å²) in [5, 5.41) is 10.5. The number of aromatic nitrogens is 1. The van der Waals surface area contributed by atoms with Crippen molar-refractivity contribution in [2.24, 2.45) is 0 Å². The van der Waals surface area contributed by atoms with Gasteiger partial charge in [-0.25, -0.2) is 0 Å². The first kappa shape index (κ1) is 14.6. The third-order valence-corrected chi connectivity index (χ3v) is 5.21. The minimum Gasteiger partial charge on any atom is -0.288 e. The van der Waals surface area contributed by atoms with Gasteiger partial charge in [-0.15, -0.1) is 0 Å². The topological polar surface area (TPSA) is 39.9 Å². The van der Waals surface area contributed by atoms with E-state index in [2.05, 4.69) is 42.0 Å². The van der Waals surface area contributed by atoms with Crippen LogP contribution >= 0.6 is 11.6 Å². The molecule has 1 fully saturated rings. The lowest BCUT2D eigenvalue weighted by molar-refractivity contribution is 0.0780. The van der Waals surface area contributed by atoms with Gasteiger partial charge in [0.05, 0.1) is 16.5 Å². The Morgan fingerprint density at radius 2 is 2.10 bits per heavy atom. The van der Waals surface area contributed by atoms with Gasteiger partial charge in [-0.3, -0.25) is 9.88 Å². The zero-order chi connectivity index (χ0) is 15.0. The second-order valence-electron chi connectivity index (χ2n) is 6.22. The number of hydrogen-bond donors (Lipinski definition) is 0. The molecule has 3 atom stereocenters. The zero-order valence-electron chi connectivity index (χ0n) is 12.5. The molecule has 110 valence electrons. The summed E-state index contributed by atoms with van der Waals surface area (Å²) in [6.07, 6.45) is 10.7. The van der Waals surface area contributed by atoms with Crippen LogP contribution in [-0.4, -0.2) is 28.0 Å². The number of hydrogen-bond acceptors (Lipinski definition) is 3. The molecule has 3 rings (SSSR count). The summed E-state index contributed by atoms with van der Waals surface area (Å²) in [6, 6.07) is 5.71. The molecule has 2 aliphatic rings. The quantitative estimate of drug-likeness (QED) is 0.799. The van der Waals surface area contributed by atoms with Crippen LogP contribution in [0.3, 0.4) is 0 Å². The van der Waals surface area contributed by atoms with Crippen molar-refractivity contribution in [3.05, 3.63) is 41.2 Å². The molecular formula is C17H20ClN3. The highest BCUT2D eigenvalue weighted by Crippen LogP contribution is 2.45. The molecule has 0 saturated carbocycles. The molecule has 0 amide bonds. The molecule has 1 aromatic rings. The summed E-state index contributed by atoms with van der Waals surface area (Å²) in [7, 11) is 0. The van der Waals surface area contributed by atoms with Crippen molar-refractivity contribution in [3.8, 4) is 6.07 Å². The smallest absolute Gasteiger partial charge is 0.0873 e. The Morgan fingerprint density at radius 1 is 1.43 bits per heavy atom. The van der Waals surface area contributed by atoms with Gasteiger partial charge >= 0.3 is 0 Å². The van der Waals surface area contributed by atoms with Gasteiger partial charge in [0.25, 0.3) is 0 Å². The number of piperidine rings is 1. The molecule has 1 aromatic heterocycles. The Hall–Kier alpha value is -1.37. The summed E-state index contributed by atoms with van der Waals surface area (Å²) >= 11 is 6.08. The second-order valence-corrected chi connectivity index (χ2v) is 6.65. The molecule has 0 N–H and O–H groups in total. The van der Waals surface area contributed by atoms with Gasteiger partial charge in [0, 0.05) is 30.5 Å². The van der Waals surface area contributed by atoms with E-state index in [9.17, 15) is 5.26 Å². The summed E-state index contributed by atoms with van der Waals surface area (Å²) in [6.45, 7) is 4.49. The minimum absolute atomic E-state index is 0.345. The first-order valence-corrected chi connectivity index (χ1v) is 7.95. The summed E-state index contributed by atoms with van der Waals surface area (Å²) in [4.78, 5) is 6.73. The first-order chi connectivity index (χ1) is 10.1. The maximum Gasteiger partial charge on any atom is 0.0873 e. The van der Waals surface area contributed by atoms with Crippen LogP contribution in [0.5, 0.6) is 0 Å². The van der Waals surface area contributed by atoms with Gasteiger partial charge in [0.1, 0.15) is 0 Å². The molecule has 3 heterocycles. The Bertz CT molecular complexity index is 588. The van der Waals surface area contributed by atoms with Crippen LogP contribution in [-0.2, 0) is 5.41 Å². The van der Waals surface area contributed by atoms with Gasteiger partial charge in [-0.05, 0) is 37.8 Å². The van der Waals surface area contributed by atoms with Crippen LogP contribution in [0.25, 0.3) is 0 Å². The van der Waals surface area contributed by atoms with Crippen LogP contribution in [0.1, 0.15) is 38.7 Å². The SMILES string of the molecule is CCC(C)N1C2C=CC1CC(C#N)(c1cncc(Cl)c1)C2. The lowest BCUT2D eigenvalue weighted by Gasteiger charge is -2.46. The highest BCUT2D eigenvalue weighted by Gasteiger charge is 2.48. The first-order valence-electron chi connectivity index (χ1n) is 7.57. The van der Waals surface area contributed by atoms with E-state index < -0.39 is 5.41 Å². The Morgan fingerprint density at radius 3 is 2.62 bits per heavy atom. The predicted octanol–water partition coefficient (Wildman–Crippen LogP) is 3.70. The number of pyridine rings is 1. The van der Waals surface area contributed by atoms with Crippen LogP contribution in [0.2, 0.25) is 5.02 Å². The molecular weight excluding hydrogens is 282 g/mol. The van der Waals surface area contributed by atoms with Crippen molar-refractivity contribution in [1.82, 2.24) is 9.88 Å². The average Bonchev–Trinajstić information content (AvgIpc) is 2.77. The molecule has 0 aliphatic carbocycles. The standard InChI is InChI=1S/C17H20ClN3/c1-3-12(2)21-15-4-5-16(21)8-17(7-15,11-19)13-6-14(18)10-20-9-13/h4-6,9-10,12,15-16H,3,7-8H2,1-2H3. The highest BCUT2D eigenvalue weighted by molar-refractivity contribution is 6.30. The molecule has 2 aliphatic heterocycles. The monoisotopic (exact) mass is 301 g/mol.